The minimum absolute atomic E-state index is 0.111. The number of aliphatic imine (C=N–C) groups is 2. The fraction of sp³-hybridized carbons (Fsp3) is 0.423. The molecule has 37 heavy (non-hydrogen) atoms. The molecule has 2 aromatic rings. The lowest BCUT2D eigenvalue weighted by molar-refractivity contribution is -0.125. The topological polar surface area (TPSA) is 126 Å². The van der Waals surface area contributed by atoms with Crippen LogP contribution in [0.4, 0.5) is 5.69 Å². The molecule has 1 aromatic heterocycles. The van der Waals surface area contributed by atoms with E-state index in [1.807, 2.05) is 31.2 Å². The number of hydrogen-bond donors (Lipinski definition) is 2. The highest BCUT2D eigenvalue weighted by Gasteiger charge is 2.42. The number of amides is 3. The first-order chi connectivity index (χ1) is 18.0. The van der Waals surface area contributed by atoms with E-state index in [1.54, 1.807) is 25.5 Å². The Bertz CT molecular complexity index is 1180. The second-order valence-electron chi connectivity index (χ2n) is 8.60. The molecule has 3 heterocycles. The second-order valence-corrected chi connectivity index (χ2v) is 9.77. The van der Waals surface area contributed by atoms with Gasteiger partial charge in [0.25, 0.3) is 5.91 Å². The number of benzene rings is 1. The normalized spacial score (nSPS) is 17.0. The molecular formula is C26H31N5O5S. The number of carbonyl (C=O) groups is 3. The Labute approximate surface area is 219 Å². The third-order valence-electron chi connectivity index (χ3n) is 5.97. The summed E-state index contributed by atoms with van der Waals surface area (Å²) in [4.78, 5) is 49.5. The molecule has 2 aliphatic rings. The van der Waals surface area contributed by atoms with E-state index in [0.29, 0.717) is 42.0 Å². The van der Waals surface area contributed by atoms with Crippen LogP contribution in [0.15, 0.2) is 57.1 Å². The van der Waals surface area contributed by atoms with E-state index in [-0.39, 0.29) is 37.1 Å². The van der Waals surface area contributed by atoms with Crippen LogP contribution in [0.2, 0.25) is 0 Å². The smallest absolute Gasteiger partial charge is 0.259 e. The first-order valence-corrected chi connectivity index (χ1v) is 13.2. The van der Waals surface area contributed by atoms with Crippen LogP contribution in [0.5, 0.6) is 0 Å². The van der Waals surface area contributed by atoms with Crippen LogP contribution < -0.4 is 10.6 Å². The molecule has 0 saturated heterocycles. The minimum Gasteiger partial charge on any atom is -0.467 e. The maximum atomic E-state index is 13.5. The average Bonchev–Trinajstić information content (AvgIpc) is 3.55. The molecule has 196 valence electrons. The van der Waals surface area contributed by atoms with Gasteiger partial charge in [-0.15, -0.1) is 0 Å². The minimum atomic E-state index is -0.704. The van der Waals surface area contributed by atoms with E-state index in [4.69, 9.17) is 19.1 Å². The van der Waals surface area contributed by atoms with E-state index in [0.717, 1.165) is 12.0 Å². The van der Waals surface area contributed by atoms with Gasteiger partial charge in [0, 0.05) is 32.2 Å². The van der Waals surface area contributed by atoms with Crippen molar-refractivity contribution in [2.45, 2.75) is 50.4 Å². The fourth-order valence-electron chi connectivity index (χ4n) is 4.02. The Morgan fingerprint density at radius 1 is 1.22 bits per heavy atom. The number of fused-ring (bicyclic) bond motifs is 3. The molecule has 2 atom stereocenters. The van der Waals surface area contributed by atoms with Gasteiger partial charge in [-0.05, 0) is 43.5 Å². The molecule has 0 saturated carbocycles. The summed E-state index contributed by atoms with van der Waals surface area (Å²) in [6.07, 6.45) is 3.24. The van der Waals surface area contributed by atoms with Crippen LogP contribution in [-0.2, 0) is 25.7 Å². The van der Waals surface area contributed by atoms with Crippen molar-refractivity contribution in [2.75, 3.05) is 20.3 Å². The number of thioether (sulfide) groups is 1. The molecular weight excluding hydrogens is 494 g/mol. The van der Waals surface area contributed by atoms with Gasteiger partial charge in [0.2, 0.25) is 11.8 Å². The molecule has 2 N–H and O–H groups in total. The molecule has 10 nitrogen and oxygen atoms in total. The quantitative estimate of drug-likeness (QED) is 0.411. The molecule has 1 aromatic carbocycles. The van der Waals surface area contributed by atoms with Gasteiger partial charge in [-0.3, -0.25) is 19.4 Å². The molecule has 2 aliphatic heterocycles. The maximum Gasteiger partial charge on any atom is 0.259 e. The zero-order valence-corrected chi connectivity index (χ0v) is 21.8. The van der Waals surface area contributed by atoms with E-state index < -0.39 is 11.3 Å². The highest BCUT2D eigenvalue weighted by molar-refractivity contribution is 8.15. The van der Waals surface area contributed by atoms with Crippen molar-refractivity contribution in [3.05, 3.63) is 54.0 Å². The van der Waals surface area contributed by atoms with E-state index in [9.17, 15) is 14.4 Å². The summed E-state index contributed by atoms with van der Waals surface area (Å²) in [5.74, 6) is 0.624. The number of furan rings is 1. The van der Waals surface area contributed by atoms with Gasteiger partial charge in [-0.2, -0.15) is 0 Å². The number of para-hydroxylation sites is 1. The zero-order valence-electron chi connectivity index (χ0n) is 20.9. The number of nitrogens with one attached hydrogen (secondary N) is 2. The summed E-state index contributed by atoms with van der Waals surface area (Å²) in [5.41, 5.74) is 1.45. The predicted octanol–water partition coefficient (Wildman–Crippen LogP) is 3.00. The van der Waals surface area contributed by atoms with Crippen molar-refractivity contribution in [1.29, 1.82) is 0 Å². The van der Waals surface area contributed by atoms with E-state index >= 15 is 0 Å². The van der Waals surface area contributed by atoms with Crippen LogP contribution in [0.1, 0.15) is 43.9 Å². The lowest BCUT2D eigenvalue weighted by Crippen LogP contribution is -2.43. The summed E-state index contributed by atoms with van der Waals surface area (Å²) in [6, 6.07) is 10.3. The number of hydrogen-bond acceptors (Lipinski definition) is 8. The molecule has 0 unspecified atom stereocenters. The second kappa shape index (κ2) is 12.7. The van der Waals surface area contributed by atoms with E-state index in [2.05, 4.69) is 10.6 Å². The number of methoxy groups -OCH3 is 1. The molecule has 3 amide bonds. The molecule has 4 rings (SSSR count). The number of carbonyl (C=O) groups excluding carboxylic acids is 3. The monoisotopic (exact) mass is 525 g/mol. The summed E-state index contributed by atoms with van der Waals surface area (Å²) in [7, 11) is 1.62. The molecule has 11 heteroatoms. The van der Waals surface area contributed by atoms with Crippen LogP contribution >= 0.6 is 11.8 Å². The third-order valence-corrected chi connectivity index (χ3v) is 7.28. The van der Waals surface area contributed by atoms with Gasteiger partial charge in [-0.25, -0.2) is 9.89 Å². The number of ether oxygens (including phenoxy) is 1. The van der Waals surface area contributed by atoms with Crippen LogP contribution in [-0.4, -0.2) is 65.2 Å². The van der Waals surface area contributed by atoms with Crippen molar-refractivity contribution in [1.82, 2.24) is 15.5 Å². The Morgan fingerprint density at radius 2 is 2.05 bits per heavy atom. The van der Waals surface area contributed by atoms with Crippen molar-refractivity contribution in [3.8, 4) is 0 Å². The van der Waals surface area contributed by atoms with Crippen LogP contribution in [0.3, 0.4) is 0 Å². The number of rotatable bonds is 12. The van der Waals surface area contributed by atoms with E-state index in [1.165, 1.54) is 16.7 Å². The van der Waals surface area contributed by atoms with Gasteiger partial charge in [0.15, 0.2) is 5.17 Å². The Kier molecular flexibility index (Phi) is 9.13. The lowest BCUT2D eigenvalue weighted by Gasteiger charge is -2.27. The summed E-state index contributed by atoms with van der Waals surface area (Å²) >= 11 is 1.26. The largest absolute Gasteiger partial charge is 0.467 e. The molecule has 0 aliphatic carbocycles. The summed E-state index contributed by atoms with van der Waals surface area (Å²) in [6.45, 7) is 3.29. The van der Waals surface area contributed by atoms with Gasteiger partial charge in [-0.1, -0.05) is 30.8 Å². The van der Waals surface area contributed by atoms with Crippen LogP contribution in [0.25, 0.3) is 0 Å². The highest BCUT2D eigenvalue weighted by atomic mass is 32.2. The van der Waals surface area contributed by atoms with Crippen molar-refractivity contribution >= 4 is 46.2 Å². The number of nitrogens with zero attached hydrogens (tertiary/aromatic N) is 3. The fourth-order valence-corrected chi connectivity index (χ4v) is 5.06. The summed E-state index contributed by atoms with van der Waals surface area (Å²) < 4.78 is 10.3. The molecule has 0 spiro atoms. The van der Waals surface area contributed by atoms with Crippen molar-refractivity contribution in [3.63, 3.8) is 0 Å². The first kappa shape index (κ1) is 26.6. The SMILES string of the molecule is CC[C@@H](SC1=Nc2ccccc2C2=N[C@@H](CCC(=O)NCc3ccco3)C(=O)N12)C(=O)NCCCOC. The van der Waals surface area contributed by atoms with Crippen molar-refractivity contribution in [2.24, 2.45) is 9.98 Å². The zero-order chi connectivity index (χ0) is 26.2. The first-order valence-electron chi connectivity index (χ1n) is 12.3. The van der Waals surface area contributed by atoms with Crippen molar-refractivity contribution < 1.29 is 23.5 Å². The Balaban J connectivity index is 1.45. The Morgan fingerprint density at radius 3 is 2.81 bits per heavy atom. The predicted molar refractivity (Wildman–Crippen MR) is 142 cm³/mol. The van der Waals surface area contributed by atoms with Gasteiger partial charge in [0.05, 0.1) is 23.7 Å². The molecule has 0 bridgehead atoms. The average molecular weight is 526 g/mol. The summed E-state index contributed by atoms with van der Waals surface area (Å²) in [5, 5.41) is 5.73. The van der Waals surface area contributed by atoms with Crippen LogP contribution in [0, 0.1) is 0 Å². The van der Waals surface area contributed by atoms with Gasteiger partial charge < -0.3 is 19.8 Å². The standard InChI is InChI=1S/C26H31N5O5S/c1-3-21(24(33)27-13-7-14-35-2)37-26-30-19-10-5-4-9-18(19)23-29-20(25(34)31(23)26)11-12-22(32)28-16-17-8-6-15-36-17/h4-6,8-10,15,20-21H,3,7,11-14,16H2,1-2H3,(H,27,33)(H,28,32)/t20-,21+/m0/s1. The molecule has 0 fully saturated rings. The highest BCUT2D eigenvalue weighted by Crippen LogP contribution is 2.35. The number of amidine groups is 2. The Hall–Kier alpha value is -3.44. The lowest BCUT2D eigenvalue weighted by atomic mass is 10.1. The maximum absolute atomic E-state index is 13.5. The molecule has 0 radical (unpaired) electrons. The van der Waals surface area contributed by atoms with Gasteiger partial charge >= 0.3 is 0 Å². The van der Waals surface area contributed by atoms with Gasteiger partial charge in [0.1, 0.15) is 17.6 Å². The third kappa shape index (κ3) is 6.47.